The lowest BCUT2D eigenvalue weighted by Gasteiger charge is -2.39. The van der Waals surface area contributed by atoms with Gasteiger partial charge in [-0.25, -0.2) is 0 Å². The Morgan fingerprint density at radius 3 is 2.61 bits per heavy atom. The van der Waals surface area contributed by atoms with Crippen molar-refractivity contribution in [2.24, 2.45) is 5.41 Å². The monoisotopic (exact) mass is 245 g/mol. The van der Waals surface area contributed by atoms with Crippen molar-refractivity contribution in [1.82, 2.24) is 5.32 Å². The van der Waals surface area contributed by atoms with E-state index in [0.29, 0.717) is 17.4 Å². The van der Waals surface area contributed by atoms with Crippen molar-refractivity contribution >= 4 is 0 Å². The first-order chi connectivity index (χ1) is 8.59. The van der Waals surface area contributed by atoms with E-state index in [9.17, 15) is 0 Å². The van der Waals surface area contributed by atoms with Crippen LogP contribution in [0.4, 0.5) is 0 Å². The van der Waals surface area contributed by atoms with Crippen molar-refractivity contribution in [1.29, 1.82) is 0 Å². The fraction of sp³-hybridized carbons (Fsp3) is 0.647. The quantitative estimate of drug-likeness (QED) is 0.831. The van der Waals surface area contributed by atoms with E-state index in [4.69, 9.17) is 0 Å². The van der Waals surface area contributed by atoms with Gasteiger partial charge in [-0.3, -0.25) is 0 Å². The van der Waals surface area contributed by atoms with Gasteiger partial charge < -0.3 is 5.32 Å². The number of rotatable bonds is 4. The molecule has 1 saturated carbocycles. The Balaban J connectivity index is 1.87. The van der Waals surface area contributed by atoms with Crippen LogP contribution in [-0.2, 0) is 0 Å². The van der Waals surface area contributed by atoms with Crippen LogP contribution >= 0.6 is 0 Å². The van der Waals surface area contributed by atoms with Gasteiger partial charge >= 0.3 is 0 Å². The third kappa shape index (κ3) is 3.35. The average molecular weight is 245 g/mol. The average Bonchev–Trinajstić information content (AvgIpc) is 2.38. The summed E-state index contributed by atoms with van der Waals surface area (Å²) in [5, 5.41) is 3.81. The van der Waals surface area contributed by atoms with Gasteiger partial charge in [0.15, 0.2) is 0 Å². The molecule has 0 bridgehead atoms. The van der Waals surface area contributed by atoms with Gasteiger partial charge in [-0.2, -0.15) is 0 Å². The molecule has 0 aliphatic heterocycles. The van der Waals surface area contributed by atoms with Crippen LogP contribution in [0, 0.1) is 5.41 Å². The van der Waals surface area contributed by atoms with E-state index in [0.717, 1.165) is 6.54 Å². The van der Waals surface area contributed by atoms with Gasteiger partial charge in [0.05, 0.1) is 0 Å². The second kappa shape index (κ2) is 5.88. The summed E-state index contributed by atoms with van der Waals surface area (Å²) >= 11 is 0. The van der Waals surface area contributed by atoms with Crippen LogP contribution in [-0.4, -0.2) is 12.6 Å². The van der Waals surface area contributed by atoms with E-state index < -0.39 is 0 Å². The summed E-state index contributed by atoms with van der Waals surface area (Å²) < 4.78 is 0. The molecule has 2 unspecified atom stereocenters. The van der Waals surface area contributed by atoms with E-state index in [-0.39, 0.29) is 0 Å². The van der Waals surface area contributed by atoms with Crippen molar-refractivity contribution < 1.29 is 0 Å². The van der Waals surface area contributed by atoms with Gasteiger partial charge in [-0.1, -0.05) is 63.9 Å². The molecule has 1 aliphatic carbocycles. The summed E-state index contributed by atoms with van der Waals surface area (Å²) in [6.45, 7) is 8.24. The zero-order chi connectivity index (χ0) is 13.0. The summed E-state index contributed by atoms with van der Waals surface area (Å²) in [4.78, 5) is 0. The molecule has 0 spiro atoms. The van der Waals surface area contributed by atoms with Crippen LogP contribution in [0.5, 0.6) is 0 Å². The van der Waals surface area contributed by atoms with Gasteiger partial charge in [0.1, 0.15) is 0 Å². The standard InChI is InChI=1S/C17H27N/c1-14(15-9-5-4-6-10-15)13-18-16-11-7-8-12-17(16,2)3/h4-6,9-10,14,16,18H,7-8,11-13H2,1-3H3. The highest BCUT2D eigenvalue weighted by Crippen LogP contribution is 2.35. The Labute approximate surface area is 112 Å². The molecule has 0 heterocycles. The molecule has 1 heteroatoms. The zero-order valence-electron chi connectivity index (χ0n) is 12.1. The van der Waals surface area contributed by atoms with Crippen LogP contribution < -0.4 is 5.32 Å². The van der Waals surface area contributed by atoms with E-state index in [1.54, 1.807) is 0 Å². The van der Waals surface area contributed by atoms with E-state index in [2.05, 4.69) is 56.4 Å². The molecule has 0 amide bonds. The first kappa shape index (κ1) is 13.6. The van der Waals surface area contributed by atoms with Crippen molar-refractivity contribution in [3.63, 3.8) is 0 Å². The van der Waals surface area contributed by atoms with Crippen molar-refractivity contribution in [3.05, 3.63) is 35.9 Å². The first-order valence-corrected chi connectivity index (χ1v) is 7.38. The second-order valence-electron chi connectivity index (χ2n) is 6.51. The lowest BCUT2D eigenvalue weighted by molar-refractivity contribution is 0.167. The van der Waals surface area contributed by atoms with Crippen LogP contribution in [0.15, 0.2) is 30.3 Å². The molecule has 1 aromatic carbocycles. The number of benzene rings is 1. The summed E-state index contributed by atoms with van der Waals surface area (Å²) in [5.74, 6) is 0.601. The van der Waals surface area contributed by atoms with Crippen LogP contribution in [0.1, 0.15) is 57.9 Å². The third-order valence-corrected chi connectivity index (χ3v) is 4.55. The maximum Gasteiger partial charge on any atom is 0.0118 e. The Hall–Kier alpha value is -0.820. The van der Waals surface area contributed by atoms with Crippen LogP contribution in [0.2, 0.25) is 0 Å². The molecule has 1 aliphatic rings. The highest BCUT2D eigenvalue weighted by Gasteiger charge is 2.31. The number of hydrogen-bond acceptors (Lipinski definition) is 1. The van der Waals surface area contributed by atoms with Gasteiger partial charge in [0.25, 0.3) is 0 Å². The first-order valence-electron chi connectivity index (χ1n) is 7.38. The number of hydrogen-bond donors (Lipinski definition) is 1. The molecule has 0 saturated heterocycles. The minimum absolute atomic E-state index is 0.467. The molecule has 0 radical (unpaired) electrons. The molecule has 1 nitrogen and oxygen atoms in total. The topological polar surface area (TPSA) is 12.0 Å². The van der Waals surface area contributed by atoms with Crippen molar-refractivity contribution in [2.45, 2.75) is 58.4 Å². The lowest BCUT2D eigenvalue weighted by atomic mass is 9.73. The predicted octanol–water partition coefficient (Wildman–Crippen LogP) is 4.35. The summed E-state index contributed by atoms with van der Waals surface area (Å²) in [6, 6.07) is 11.5. The minimum atomic E-state index is 0.467. The van der Waals surface area contributed by atoms with Gasteiger partial charge in [-0.05, 0) is 29.7 Å². The molecular formula is C17H27N. The largest absolute Gasteiger partial charge is 0.313 e. The fourth-order valence-electron chi connectivity index (χ4n) is 3.09. The molecule has 0 aromatic heterocycles. The summed E-state index contributed by atoms with van der Waals surface area (Å²) in [5.41, 5.74) is 1.91. The fourth-order valence-corrected chi connectivity index (χ4v) is 3.09. The smallest absolute Gasteiger partial charge is 0.0118 e. The minimum Gasteiger partial charge on any atom is -0.313 e. The third-order valence-electron chi connectivity index (χ3n) is 4.55. The maximum absolute atomic E-state index is 3.81. The Bertz CT molecular complexity index is 355. The maximum atomic E-state index is 3.81. The molecule has 2 atom stereocenters. The summed E-state index contributed by atoms with van der Waals surface area (Å²) in [7, 11) is 0. The molecule has 1 fully saturated rings. The highest BCUT2D eigenvalue weighted by molar-refractivity contribution is 5.19. The Morgan fingerprint density at radius 2 is 1.94 bits per heavy atom. The van der Waals surface area contributed by atoms with E-state index in [1.165, 1.54) is 31.2 Å². The molecule has 18 heavy (non-hydrogen) atoms. The molecule has 1 N–H and O–H groups in total. The van der Waals surface area contributed by atoms with Gasteiger partial charge in [0, 0.05) is 12.6 Å². The van der Waals surface area contributed by atoms with Crippen LogP contribution in [0.25, 0.3) is 0 Å². The predicted molar refractivity (Wildman–Crippen MR) is 78.9 cm³/mol. The van der Waals surface area contributed by atoms with Gasteiger partial charge in [-0.15, -0.1) is 0 Å². The second-order valence-corrected chi connectivity index (χ2v) is 6.51. The van der Waals surface area contributed by atoms with E-state index in [1.807, 2.05) is 0 Å². The molecule has 100 valence electrons. The number of nitrogens with one attached hydrogen (secondary N) is 1. The van der Waals surface area contributed by atoms with Crippen molar-refractivity contribution in [3.8, 4) is 0 Å². The summed E-state index contributed by atoms with van der Waals surface area (Å²) in [6.07, 6.45) is 5.50. The van der Waals surface area contributed by atoms with E-state index >= 15 is 0 Å². The zero-order valence-corrected chi connectivity index (χ0v) is 12.1. The lowest BCUT2D eigenvalue weighted by Crippen LogP contribution is -2.45. The highest BCUT2D eigenvalue weighted by atomic mass is 14.9. The Kier molecular flexibility index (Phi) is 4.45. The normalized spacial score (nSPS) is 24.7. The molecular weight excluding hydrogens is 218 g/mol. The Morgan fingerprint density at radius 1 is 1.22 bits per heavy atom. The molecule has 1 aromatic rings. The van der Waals surface area contributed by atoms with Crippen molar-refractivity contribution in [2.75, 3.05) is 6.54 Å². The molecule has 2 rings (SSSR count). The van der Waals surface area contributed by atoms with Gasteiger partial charge in [0.2, 0.25) is 0 Å². The van der Waals surface area contributed by atoms with Crippen LogP contribution in [0.3, 0.4) is 0 Å². The SMILES string of the molecule is CC(CNC1CCCCC1(C)C)c1ccccc1.